The van der Waals surface area contributed by atoms with E-state index in [1.165, 1.54) is 31.2 Å². The number of aryl methyl sites for hydroxylation is 1. The largest absolute Gasteiger partial charge is 0.494 e. The van der Waals surface area contributed by atoms with Crippen LogP contribution in [0.4, 0.5) is 0 Å². The summed E-state index contributed by atoms with van der Waals surface area (Å²) in [6.45, 7) is 2.66. The van der Waals surface area contributed by atoms with Crippen molar-refractivity contribution in [2.24, 2.45) is 0 Å². The predicted molar refractivity (Wildman–Crippen MR) is 88.0 cm³/mol. The molecule has 3 heteroatoms. The fraction of sp³-hybridized carbons (Fsp3) is 0.421. The highest BCUT2D eigenvalue weighted by Crippen LogP contribution is 2.29. The van der Waals surface area contributed by atoms with Crippen LogP contribution in [0.1, 0.15) is 36.9 Å². The maximum Gasteiger partial charge on any atom is 0.145 e. The van der Waals surface area contributed by atoms with Crippen molar-refractivity contribution in [3.63, 3.8) is 0 Å². The van der Waals surface area contributed by atoms with Gasteiger partial charge in [-0.1, -0.05) is 36.6 Å². The third kappa shape index (κ3) is 3.47. The van der Waals surface area contributed by atoms with Gasteiger partial charge in [-0.15, -0.1) is 0 Å². The van der Waals surface area contributed by atoms with Crippen molar-refractivity contribution in [2.75, 3.05) is 7.11 Å². The third-order valence-corrected chi connectivity index (χ3v) is 4.20. The van der Waals surface area contributed by atoms with Gasteiger partial charge in [0.1, 0.15) is 11.4 Å². The van der Waals surface area contributed by atoms with Crippen LogP contribution in [-0.2, 0) is 11.3 Å². The molecule has 1 aromatic heterocycles. The normalized spacial score (nSPS) is 15.2. The Hall–Kier alpha value is -1.87. The minimum absolute atomic E-state index is 0.409. The van der Waals surface area contributed by atoms with E-state index in [2.05, 4.69) is 25.1 Å². The van der Waals surface area contributed by atoms with E-state index in [4.69, 9.17) is 14.5 Å². The van der Waals surface area contributed by atoms with Gasteiger partial charge in [-0.05, 0) is 38.0 Å². The average molecular weight is 297 g/mol. The molecule has 0 amide bonds. The molecule has 0 saturated heterocycles. The third-order valence-electron chi connectivity index (χ3n) is 4.20. The second-order valence-corrected chi connectivity index (χ2v) is 5.94. The molecule has 1 aromatic carbocycles. The van der Waals surface area contributed by atoms with Gasteiger partial charge in [0.05, 0.1) is 25.5 Å². The quantitative estimate of drug-likeness (QED) is 0.813. The predicted octanol–water partition coefficient (Wildman–Crippen LogP) is 4.52. The Morgan fingerprint density at radius 3 is 2.68 bits per heavy atom. The highest BCUT2D eigenvalue weighted by molar-refractivity contribution is 5.67. The summed E-state index contributed by atoms with van der Waals surface area (Å²) in [5.74, 6) is 0.801. The highest BCUT2D eigenvalue weighted by atomic mass is 16.5. The lowest BCUT2D eigenvalue weighted by atomic mass is 10.1. The molecule has 1 aliphatic carbocycles. The summed E-state index contributed by atoms with van der Waals surface area (Å²) in [4.78, 5) is 4.77. The Kier molecular flexibility index (Phi) is 4.74. The SMILES string of the molecule is COc1ccc(COC2CCCC2)nc1-c1cccc(C)c1. The summed E-state index contributed by atoms with van der Waals surface area (Å²) in [5.41, 5.74) is 4.15. The van der Waals surface area contributed by atoms with Crippen LogP contribution >= 0.6 is 0 Å². The van der Waals surface area contributed by atoms with E-state index in [1.807, 2.05) is 18.2 Å². The van der Waals surface area contributed by atoms with Crippen LogP contribution in [0.25, 0.3) is 11.3 Å². The monoisotopic (exact) mass is 297 g/mol. The zero-order chi connectivity index (χ0) is 15.4. The first-order valence-corrected chi connectivity index (χ1v) is 7.99. The molecule has 1 heterocycles. The molecular formula is C19H23NO2. The summed E-state index contributed by atoms with van der Waals surface area (Å²) in [6, 6.07) is 12.3. The number of hydrogen-bond acceptors (Lipinski definition) is 3. The van der Waals surface area contributed by atoms with Crippen LogP contribution < -0.4 is 4.74 Å². The molecule has 3 rings (SSSR count). The van der Waals surface area contributed by atoms with Crippen molar-refractivity contribution in [3.8, 4) is 17.0 Å². The van der Waals surface area contributed by atoms with Crippen LogP contribution in [0.5, 0.6) is 5.75 Å². The smallest absolute Gasteiger partial charge is 0.145 e. The molecule has 3 nitrogen and oxygen atoms in total. The van der Waals surface area contributed by atoms with Crippen molar-refractivity contribution in [1.82, 2.24) is 4.98 Å². The van der Waals surface area contributed by atoms with E-state index in [1.54, 1.807) is 7.11 Å². The van der Waals surface area contributed by atoms with E-state index in [-0.39, 0.29) is 0 Å². The number of pyridine rings is 1. The molecular weight excluding hydrogens is 274 g/mol. The molecule has 0 bridgehead atoms. The lowest BCUT2D eigenvalue weighted by molar-refractivity contribution is 0.0438. The van der Waals surface area contributed by atoms with Crippen molar-refractivity contribution in [1.29, 1.82) is 0 Å². The van der Waals surface area contributed by atoms with Crippen LogP contribution in [0.3, 0.4) is 0 Å². The molecule has 22 heavy (non-hydrogen) atoms. The molecule has 0 N–H and O–H groups in total. The van der Waals surface area contributed by atoms with Crippen LogP contribution in [0, 0.1) is 6.92 Å². The number of rotatable bonds is 5. The van der Waals surface area contributed by atoms with E-state index in [0.717, 1.165) is 22.7 Å². The maximum absolute atomic E-state index is 5.97. The number of benzene rings is 1. The van der Waals surface area contributed by atoms with Crippen LogP contribution in [0.2, 0.25) is 0 Å². The lowest BCUT2D eigenvalue weighted by Crippen LogP contribution is -2.08. The molecule has 0 aliphatic heterocycles. The molecule has 0 atom stereocenters. The van der Waals surface area contributed by atoms with Gasteiger partial charge >= 0.3 is 0 Å². The highest BCUT2D eigenvalue weighted by Gasteiger charge is 2.16. The van der Waals surface area contributed by atoms with Gasteiger partial charge in [0.25, 0.3) is 0 Å². The van der Waals surface area contributed by atoms with Crippen molar-refractivity contribution in [2.45, 2.75) is 45.3 Å². The fourth-order valence-electron chi connectivity index (χ4n) is 2.99. The Balaban J connectivity index is 1.82. The zero-order valence-corrected chi connectivity index (χ0v) is 13.3. The van der Waals surface area contributed by atoms with Crippen LogP contribution in [0.15, 0.2) is 36.4 Å². The molecule has 2 aromatic rings. The Labute approximate surface area is 132 Å². The van der Waals surface area contributed by atoms with Crippen LogP contribution in [-0.4, -0.2) is 18.2 Å². The van der Waals surface area contributed by atoms with Gasteiger partial charge in [0, 0.05) is 5.56 Å². The second-order valence-electron chi connectivity index (χ2n) is 5.94. The first-order chi connectivity index (χ1) is 10.8. The van der Waals surface area contributed by atoms with Gasteiger partial charge in [-0.25, -0.2) is 4.98 Å². The van der Waals surface area contributed by atoms with Crippen molar-refractivity contribution in [3.05, 3.63) is 47.7 Å². The minimum Gasteiger partial charge on any atom is -0.494 e. The van der Waals surface area contributed by atoms with Gasteiger partial charge in [-0.3, -0.25) is 0 Å². The Morgan fingerprint density at radius 1 is 1.14 bits per heavy atom. The first kappa shape index (κ1) is 15.0. The molecule has 0 spiro atoms. The summed E-state index contributed by atoms with van der Waals surface area (Å²) in [5, 5.41) is 0. The topological polar surface area (TPSA) is 31.4 Å². The molecule has 0 unspecified atom stereocenters. The van der Waals surface area contributed by atoms with E-state index in [0.29, 0.717) is 12.7 Å². The lowest BCUT2D eigenvalue weighted by Gasteiger charge is -2.13. The zero-order valence-electron chi connectivity index (χ0n) is 13.3. The fourth-order valence-corrected chi connectivity index (χ4v) is 2.99. The van der Waals surface area contributed by atoms with Gasteiger partial charge in [-0.2, -0.15) is 0 Å². The first-order valence-electron chi connectivity index (χ1n) is 7.99. The number of hydrogen-bond donors (Lipinski definition) is 0. The molecule has 1 fully saturated rings. The second kappa shape index (κ2) is 6.93. The number of aromatic nitrogens is 1. The van der Waals surface area contributed by atoms with E-state index >= 15 is 0 Å². The number of methoxy groups -OCH3 is 1. The minimum atomic E-state index is 0.409. The molecule has 116 valence electrons. The number of ether oxygens (including phenoxy) is 2. The van der Waals surface area contributed by atoms with Crippen molar-refractivity contribution < 1.29 is 9.47 Å². The molecule has 1 aliphatic rings. The molecule has 1 saturated carbocycles. The summed E-state index contributed by atoms with van der Waals surface area (Å²) >= 11 is 0. The maximum atomic E-state index is 5.97. The van der Waals surface area contributed by atoms with Gasteiger partial charge < -0.3 is 9.47 Å². The summed E-state index contributed by atoms with van der Waals surface area (Å²) in [7, 11) is 1.69. The summed E-state index contributed by atoms with van der Waals surface area (Å²) in [6.07, 6.45) is 5.35. The Bertz CT molecular complexity index is 633. The molecule has 0 radical (unpaired) electrons. The van der Waals surface area contributed by atoms with Crippen molar-refractivity contribution >= 4 is 0 Å². The Morgan fingerprint density at radius 2 is 1.95 bits per heavy atom. The number of nitrogens with zero attached hydrogens (tertiary/aromatic N) is 1. The summed E-state index contributed by atoms with van der Waals surface area (Å²) < 4.78 is 11.4. The van der Waals surface area contributed by atoms with E-state index in [9.17, 15) is 0 Å². The average Bonchev–Trinajstić information content (AvgIpc) is 3.06. The standard InChI is InChI=1S/C19H23NO2/c1-14-6-5-7-15(12-14)19-18(21-2)11-10-16(20-19)13-22-17-8-3-4-9-17/h5-7,10-12,17H,3-4,8-9,13H2,1-2H3. The van der Waals surface area contributed by atoms with E-state index < -0.39 is 0 Å². The van der Waals surface area contributed by atoms with Gasteiger partial charge in [0.2, 0.25) is 0 Å². The van der Waals surface area contributed by atoms with Gasteiger partial charge in [0.15, 0.2) is 0 Å².